The second-order valence-electron chi connectivity index (χ2n) is 4.47. The zero-order valence-electron chi connectivity index (χ0n) is 11.0. The van der Waals surface area contributed by atoms with Crippen LogP contribution in [0.25, 0.3) is 0 Å². The number of nitrogens with one attached hydrogen (secondary N) is 2. The number of rotatable bonds is 4. The summed E-state index contributed by atoms with van der Waals surface area (Å²) in [7, 11) is 0.859. The Bertz CT molecular complexity index is 570. The molecule has 7 heteroatoms. The Labute approximate surface area is 117 Å². The molecule has 0 saturated carbocycles. The van der Waals surface area contributed by atoms with Crippen LogP contribution >= 0.6 is 10.7 Å². The Hall–Kier alpha value is -1.27. The molecule has 0 aromatic heterocycles. The van der Waals surface area contributed by atoms with E-state index in [2.05, 4.69) is 11.4 Å². The summed E-state index contributed by atoms with van der Waals surface area (Å²) in [5, 5.41) is 2.45. The van der Waals surface area contributed by atoms with Crippen molar-refractivity contribution in [2.24, 2.45) is 0 Å². The number of amides is 2. The van der Waals surface area contributed by atoms with Crippen molar-refractivity contribution in [1.82, 2.24) is 4.72 Å². The lowest BCUT2D eigenvalue weighted by molar-refractivity contribution is 0.256. The van der Waals surface area contributed by atoms with E-state index < -0.39 is 15.3 Å². The predicted molar refractivity (Wildman–Crippen MR) is 76.8 cm³/mol. The highest BCUT2D eigenvalue weighted by Crippen LogP contribution is 2.22. The van der Waals surface area contributed by atoms with Crippen LogP contribution in [0.5, 0.6) is 0 Å². The van der Waals surface area contributed by atoms with Crippen LogP contribution in [0.1, 0.15) is 37.8 Å². The van der Waals surface area contributed by atoms with Gasteiger partial charge in [-0.1, -0.05) is 26.8 Å². The van der Waals surface area contributed by atoms with Gasteiger partial charge >= 0.3 is 15.3 Å². The lowest BCUT2D eigenvalue weighted by atomic mass is 9.99. The van der Waals surface area contributed by atoms with Crippen molar-refractivity contribution >= 4 is 31.6 Å². The van der Waals surface area contributed by atoms with Crippen molar-refractivity contribution in [3.8, 4) is 0 Å². The van der Waals surface area contributed by atoms with Gasteiger partial charge in [0.1, 0.15) is 0 Å². The van der Waals surface area contributed by atoms with Gasteiger partial charge in [0.05, 0.1) is 0 Å². The summed E-state index contributed by atoms with van der Waals surface area (Å²) in [5.41, 5.74) is 2.68. The van der Waals surface area contributed by atoms with Crippen LogP contribution in [-0.4, -0.2) is 14.4 Å². The first-order valence-electron chi connectivity index (χ1n) is 5.88. The van der Waals surface area contributed by atoms with Crippen molar-refractivity contribution in [1.29, 1.82) is 0 Å². The molecule has 2 N–H and O–H groups in total. The summed E-state index contributed by atoms with van der Waals surface area (Å²) >= 11 is 0. The second-order valence-corrected chi connectivity index (χ2v) is 6.76. The number of aryl methyl sites for hydroxylation is 1. The van der Waals surface area contributed by atoms with Gasteiger partial charge in [0.2, 0.25) is 0 Å². The van der Waals surface area contributed by atoms with Crippen LogP contribution in [0.3, 0.4) is 0 Å². The van der Waals surface area contributed by atoms with Crippen LogP contribution in [0.2, 0.25) is 0 Å². The molecule has 106 valence electrons. The van der Waals surface area contributed by atoms with E-state index in [0.717, 1.165) is 17.5 Å². The molecule has 0 radical (unpaired) electrons. The van der Waals surface area contributed by atoms with E-state index in [1.165, 1.54) is 0 Å². The molecule has 0 aliphatic heterocycles. The maximum atomic E-state index is 11.4. The predicted octanol–water partition coefficient (Wildman–Crippen LogP) is 2.98. The highest BCUT2D eigenvalue weighted by Gasteiger charge is 2.11. The normalized spacial score (nSPS) is 11.4. The van der Waals surface area contributed by atoms with E-state index in [1.807, 2.05) is 26.8 Å². The lowest BCUT2D eigenvalue weighted by Crippen LogP contribution is -2.31. The molecular weight excluding hydrogens is 288 g/mol. The topological polar surface area (TPSA) is 75.3 Å². The third-order valence-corrected chi connectivity index (χ3v) is 3.22. The molecule has 2 amide bonds. The lowest BCUT2D eigenvalue weighted by Gasteiger charge is -2.12. The van der Waals surface area contributed by atoms with Gasteiger partial charge in [-0.2, -0.15) is 8.42 Å². The largest absolute Gasteiger partial charge is 0.333 e. The van der Waals surface area contributed by atoms with Crippen LogP contribution in [0, 0.1) is 0 Å². The fourth-order valence-electron chi connectivity index (χ4n) is 1.60. The Morgan fingerprint density at radius 3 is 2.42 bits per heavy atom. The molecule has 1 aromatic carbocycles. The molecule has 0 atom stereocenters. The summed E-state index contributed by atoms with van der Waals surface area (Å²) in [4.78, 5) is 11.4. The Morgan fingerprint density at radius 2 is 1.95 bits per heavy atom. The van der Waals surface area contributed by atoms with Gasteiger partial charge < -0.3 is 5.32 Å². The molecule has 0 saturated heterocycles. The Kier molecular flexibility index (Phi) is 5.20. The standard InChI is InChI=1S/C12H17ClN2O3S/c1-4-9-5-10(8(2)3)7-11(6-9)14-12(16)15-19(13,17)18/h5-8H,4H2,1-3H3,(H2,14,15,16). The molecule has 1 rings (SSSR count). The smallest absolute Gasteiger partial charge is 0.307 e. The molecule has 0 fully saturated rings. The molecule has 5 nitrogen and oxygen atoms in total. The van der Waals surface area contributed by atoms with Gasteiger partial charge in [0, 0.05) is 16.4 Å². The zero-order chi connectivity index (χ0) is 14.6. The van der Waals surface area contributed by atoms with Gasteiger partial charge in [-0.25, -0.2) is 9.52 Å². The van der Waals surface area contributed by atoms with E-state index in [9.17, 15) is 13.2 Å². The monoisotopic (exact) mass is 304 g/mol. The molecule has 0 unspecified atom stereocenters. The number of hydrogen-bond acceptors (Lipinski definition) is 3. The maximum Gasteiger partial charge on any atom is 0.333 e. The molecule has 1 aromatic rings. The average Bonchev–Trinajstić information content (AvgIpc) is 2.25. The molecule has 0 aliphatic rings. The quantitative estimate of drug-likeness (QED) is 0.840. The second kappa shape index (κ2) is 6.25. The van der Waals surface area contributed by atoms with E-state index >= 15 is 0 Å². The molecule has 19 heavy (non-hydrogen) atoms. The fourth-order valence-corrected chi connectivity index (χ4v) is 2.08. The molecule has 0 spiro atoms. The maximum absolute atomic E-state index is 11.4. The van der Waals surface area contributed by atoms with Crippen molar-refractivity contribution < 1.29 is 13.2 Å². The van der Waals surface area contributed by atoms with Crippen LogP contribution in [0.4, 0.5) is 10.5 Å². The minimum Gasteiger partial charge on any atom is -0.307 e. The Morgan fingerprint density at radius 1 is 1.32 bits per heavy atom. The first-order valence-corrected chi connectivity index (χ1v) is 8.19. The Balaban J connectivity index is 2.94. The van der Waals surface area contributed by atoms with E-state index in [-0.39, 0.29) is 0 Å². The summed E-state index contributed by atoms with van der Waals surface area (Å²) < 4.78 is 23.1. The van der Waals surface area contributed by atoms with Crippen LogP contribution in [0.15, 0.2) is 18.2 Å². The number of benzene rings is 1. The highest BCUT2D eigenvalue weighted by molar-refractivity contribution is 8.12. The molecular formula is C12H17ClN2O3S. The fraction of sp³-hybridized carbons (Fsp3) is 0.417. The third kappa shape index (κ3) is 5.48. The minimum atomic E-state index is -4.08. The summed E-state index contributed by atoms with van der Waals surface area (Å²) in [6.07, 6.45) is 0.824. The van der Waals surface area contributed by atoms with Crippen molar-refractivity contribution in [2.45, 2.75) is 33.1 Å². The van der Waals surface area contributed by atoms with E-state index in [0.29, 0.717) is 11.6 Å². The molecule has 0 heterocycles. The molecule has 0 bridgehead atoms. The number of hydrogen-bond donors (Lipinski definition) is 2. The van der Waals surface area contributed by atoms with Crippen molar-refractivity contribution in [2.75, 3.05) is 5.32 Å². The van der Waals surface area contributed by atoms with Crippen LogP contribution in [-0.2, 0) is 15.7 Å². The number of urea groups is 1. The average molecular weight is 305 g/mol. The van der Waals surface area contributed by atoms with Gasteiger partial charge in [0.25, 0.3) is 0 Å². The summed E-state index contributed by atoms with van der Waals surface area (Å²) in [5.74, 6) is 0.312. The number of halogens is 1. The minimum absolute atomic E-state index is 0.312. The van der Waals surface area contributed by atoms with Crippen molar-refractivity contribution in [3.05, 3.63) is 29.3 Å². The van der Waals surface area contributed by atoms with E-state index in [1.54, 1.807) is 10.8 Å². The first-order chi connectivity index (χ1) is 8.71. The van der Waals surface area contributed by atoms with Crippen LogP contribution < -0.4 is 10.0 Å². The number of carbonyl (C=O) groups is 1. The highest BCUT2D eigenvalue weighted by atomic mass is 35.7. The van der Waals surface area contributed by atoms with Gasteiger partial charge in [0.15, 0.2) is 0 Å². The third-order valence-electron chi connectivity index (χ3n) is 2.56. The number of carbonyl (C=O) groups excluding carboxylic acids is 1. The molecule has 0 aliphatic carbocycles. The summed E-state index contributed by atoms with van der Waals surface area (Å²) in [6.45, 7) is 6.09. The van der Waals surface area contributed by atoms with Crippen molar-refractivity contribution in [3.63, 3.8) is 0 Å². The SMILES string of the molecule is CCc1cc(NC(=O)NS(=O)(=O)Cl)cc(C(C)C)c1. The van der Waals surface area contributed by atoms with Gasteiger partial charge in [-0.05, 0) is 35.6 Å². The van der Waals surface area contributed by atoms with E-state index in [4.69, 9.17) is 10.7 Å². The van der Waals surface area contributed by atoms with Gasteiger partial charge in [-0.3, -0.25) is 0 Å². The first kappa shape index (κ1) is 15.8. The van der Waals surface area contributed by atoms with Gasteiger partial charge in [-0.15, -0.1) is 0 Å². The number of anilines is 1. The summed E-state index contributed by atoms with van der Waals surface area (Å²) in [6, 6.07) is 4.79. The zero-order valence-corrected chi connectivity index (χ0v) is 12.6.